The Bertz CT molecular complexity index is 661. The van der Waals surface area contributed by atoms with E-state index in [0.717, 1.165) is 4.90 Å². The van der Waals surface area contributed by atoms with Crippen LogP contribution in [0.3, 0.4) is 0 Å². The highest BCUT2D eigenvalue weighted by Gasteiger charge is 2.35. The van der Waals surface area contributed by atoms with E-state index in [1.165, 1.54) is 18.3 Å². The molecule has 2 rings (SSSR count). The van der Waals surface area contributed by atoms with E-state index in [9.17, 15) is 21.9 Å². The van der Waals surface area contributed by atoms with E-state index >= 15 is 0 Å². The molecule has 1 aliphatic heterocycles. The van der Waals surface area contributed by atoms with Crippen LogP contribution in [0.4, 0.5) is 9.57 Å². The van der Waals surface area contributed by atoms with Crippen molar-refractivity contribution in [1.82, 2.24) is 4.98 Å². The molecular formula is C11H11FN2O5S. The third-order valence-electron chi connectivity index (χ3n) is 2.92. The Morgan fingerprint density at radius 1 is 1.55 bits per heavy atom. The number of carboxylic acid groups (broad SMARTS) is 1. The van der Waals surface area contributed by atoms with Gasteiger partial charge in [0, 0.05) is 25.1 Å². The van der Waals surface area contributed by atoms with Gasteiger partial charge < -0.3 is 10.0 Å². The van der Waals surface area contributed by atoms with Crippen molar-refractivity contribution in [3.63, 3.8) is 0 Å². The van der Waals surface area contributed by atoms with Crippen molar-refractivity contribution in [2.45, 2.75) is 6.42 Å². The van der Waals surface area contributed by atoms with Crippen molar-refractivity contribution in [3.8, 4) is 0 Å². The lowest BCUT2D eigenvalue weighted by Crippen LogP contribution is -2.27. The van der Waals surface area contributed by atoms with Crippen molar-refractivity contribution in [3.05, 3.63) is 24.0 Å². The summed E-state index contributed by atoms with van der Waals surface area (Å²) in [6, 6.07) is 2.87. The summed E-state index contributed by atoms with van der Waals surface area (Å²) in [6.07, 6.45) is 1.13. The second-order valence-electron chi connectivity index (χ2n) is 4.46. The Balaban J connectivity index is 2.27. The van der Waals surface area contributed by atoms with E-state index < -0.39 is 33.8 Å². The Labute approximate surface area is 114 Å². The van der Waals surface area contributed by atoms with Crippen LogP contribution in [0.25, 0.3) is 0 Å². The fourth-order valence-corrected chi connectivity index (χ4v) is 2.97. The van der Waals surface area contributed by atoms with Crippen LogP contribution in [0, 0.1) is 5.92 Å². The first-order valence-corrected chi connectivity index (χ1v) is 7.24. The van der Waals surface area contributed by atoms with Crippen LogP contribution in [0.2, 0.25) is 0 Å². The van der Waals surface area contributed by atoms with E-state index in [2.05, 4.69) is 4.98 Å². The molecule has 0 spiro atoms. The van der Waals surface area contributed by atoms with Crippen LogP contribution in [-0.2, 0) is 15.0 Å². The lowest BCUT2D eigenvalue weighted by atomic mass is 10.1. The molecule has 1 fully saturated rings. The lowest BCUT2D eigenvalue weighted by Gasteiger charge is -2.17. The van der Waals surface area contributed by atoms with E-state index in [0.29, 0.717) is 0 Å². The average molecular weight is 302 g/mol. The molecule has 0 aromatic carbocycles. The first kappa shape index (κ1) is 14.4. The smallest absolute Gasteiger partial charge is 0.356 e. The van der Waals surface area contributed by atoms with Crippen LogP contribution in [0.5, 0.6) is 0 Å². The second kappa shape index (κ2) is 5.16. The molecule has 0 bridgehead atoms. The van der Waals surface area contributed by atoms with Gasteiger partial charge in [-0.25, -0.2) is 9.78 Å². The molecule has 9 heteroatoms. The number of nitrogens with zero attached hydrogens (tertiary/aromatic N) is 2. The maximum Gasteiger partial charge on any atom is 0.356 e. The molecule has 1 amide bonds. The average Bonchev–Trinajstić information content (AvgIpc) is 2.67. The van der Waals surface area contributed by atoms with Crippen molar-refractivity contribution in [1.29, 1.82) is 0 Å². The summed E-state index contributed by atoms with van der Waals surface area (Å²) in [5, 5.41) is 9.01. The number of aromatic nitrogens is 1. The zero-order chi connectivity index (χ0) is 14.9. The van der Waals surface area contributed by atoms with E-state index in [1.807, 2.05) is 0 Å². The normalized spacial score (nSPS) is 19.4. The quantitative estimate of drug-likeness (QED) is 0.809. The van der Waals surface area contributed by atoms with Gasteiger partial charge in [-0.3, -0.25) is 4.79 Å². The highest BCUT2D eigenvalue weighted by Crippen LogP contribution is 2.28. The van der Waals surface area contributed by atoms with E-state index in [4.69, 9.17) is 5.11 Å². The minimum absolute atomic E-state index is 0.0477. The van der Waals surface area contributed by atoms with Gasteiger partial charge in [0.25, 0.3) is 0 Å². The summed E-state index contributed by atoms with van der Waals surface area (Å²) in [6.45, 7) is -0.0477. The lowest BCUT2D eigenvalue weighted by molar-refractivity contribution is -0.117. The number of carbonyl (C=O) groups excluding carboxylic acids is 1. The standard InChI is InChI=1S/C11H11FN2O5S/c12-20(18,19)6-7-4-9(15)14(5-7)8-2-1-3-13-10(8)11(16)17/h1-3,7H,4-6H2,(H,16,17). The third-order valence-corrected chi connectivity index (χ3v) is 3.79. The number of carbonyl (C=O) groups is 2. The third kappa shape index (κ3) is 3.10. The molecule has 0 radical (unpaired) electrons. The highest BCUT2D eigenvalue weighted by atomic mass is 32.3. The first-order valence-electron chi connectivity index (χ1n) is 5.69. The van der Waals surface area contributed by atoms with Crippen LogP contribution < -0.4 is 4.90 Å². The van der Waals surface area contributed by atoms with Gasteiger partial charge in [-0.1, -0.05) is 0 Å². The summed E-state index contributed by atoms with van der Waals surface area (Å²) in [4.78, 5) is 27.7. The van der Waals surface area contributed by atoms with Gasteiger partial charge in [0.2, 0.25) is 5.91 Å². The topological polar surface area (TPSA) is 105 Å². The molecule has 2 heterocycles. The van der Waals surface area contributed by atoms with Crippen molar-refractivity contribution >= 4 is 27.8 Å². The molecule has 1 aromatic heterocycles. The largest absolute Gasteiger partial charge is 0.476 e. The van der Waals surface area contributed by atoms with E-state index in [1.54, 1.807) is 0 Å². The molecule has 1 N–H and O–H groups in total. The Morgan fingerprint density at radius 2 is 2.25 bits per heavy atom. The zero-order valence-electron chi connectivity index (χ0n) is 10.2. The van der Waals surface area contributed by atoms with Gasteiger partial charge in [0.15, 0.2) is 5.69 Å². The van der Waals surface area contributed by atoms with Crippen LogP contribution >= 0.6 is 0 Å². The van der Waals surface area contributed by atoms with Crippen LogP contribution in [0.15, 0.2) is 18.3 Å². The Kier molecular flexibility index (Phi) is 3.71. The minimum atomic E-state index is -4.67. The number of rotatable bonds is 4. The molecular weight excluding hydrogens is 291 g/mol. The predicted octanol–water partition coefficient (Wildman–Crippen LogP) is 0.432. The number of hydrogen-bond acceptors (Lipinski definition) is 5. The van der Waals surface area contributed by atoms with Crippen LogP contribution in [0.1, 0.15) is 16.9 Å². The van der Waals surface area contributed by atoms with Gasteiger partial charge in [0.1, 0.15) is 0 Å². The van der Waals surface area contributed by atoms with E-state index in [-0.39, 0.29) is 24.3 Å². The molecule has 1 saturated heterocycles. The number of carboxylic acids is 1. The summed E-state index contributed by atoms with van der Waals surface area (Å²) >= 11 is 0. The Hall–Kier alpha value is -2.03. The summed E-state index contributed by atoms with van der Waals surface area (Å²) in [7, 11) is -4.67. The van der Waals surface area contributed by atoms with Gasteiger partial charge in [0.05, 0.1) is 11.4 Å². The van der Waals surface area contributed by atoms with Crippen molar-refractivity contribution in [2.75, 3.05) is 17.2 Å². The van der Waals surface area contributed by atoms with Crippen molar-refractivity contribution in [2.24, 2.45) is 5.92 Å². The molecule has 1 unspecified atom stereocenters. The molecule has 0 aliphatic carbocycles. The molecule has 1 atom stereocenters. The van der Waals surface area contributed by atoms with Crippen molar-refractivity contribution < 1.29 is 27.0 Å². The number of pyridine rings is 1. The summed E-state index contributed by atoms with van der Waals surface area (Å²) < 4.78 is 33.9. The summed E-state index contributed by atoms with van der Waals surface area (Å²) in [5.41, 5.74) is -0.214. The Morgan fingerprint density at radius 3 is 2.85 bits per heavy atom. The SMILES string of the molecule is O=C(O)c1ncccc1N1CC(CS(=O)(=O)F)CC1=O. The molecule has 7 nitrogen and oxygen atoms in total. The van der Waals surface area contributed by atoms with Crippen LogP contribution in [-0.4, -0.2) is 42.7 Å². The highest BCUT2D eigenvalue weighted by molar-refractivity contribution is 7.86. The number of halogens is 1. The molecule has 108 valence electrons. The van der Waals surface area contributed by atoms with Gasteiger partial charge in [-0.15, -0.1) is 3.89 Å². The van der Waals surface area contributed by atoms with Gasteiger partial charge in [-0.05, 0) is 12.1 Å². The molecule has 20 heavy (non-hydrogen) atoms. The van der Waals surface area contributed by atoms with Gasteiger partial charge >= 0.3 is 16.2 Å². The zero-order valence-corrected chi connectivity index (χ0v) is 11.0. The fraction of sp³-hybridized carbons (Fsp3) is 0.364. The maximum absolute atomic E-state index is 12.6. The predicted molar refractivity (Wildman–Crippen MR) is 66.6 cm³/mol. The number of aromatic carboxylic acids is 1. The molecule has 1 aromatic rings. The summed E-state index contributed by atoms with van der Waals surface area (Å²) in [5.74, 6) is -3.19. The van der Waals surface area contributed by atoms with Gasteiger partial charge in [-0.2, -0.15) is 8.42 Å². The monoisotopic (exact) mass is 302 g/mol. The first-order chi connectivity index (χ1) is 9.28. The number of anilines is 1. The fourth-order valence-electron chi connectivity index (χ4n) is 2.19. The minimum Gasteiger partial charge on any atom is -0.476 e. The second-order valence-corrected chi connectivity index (χ2v) is 5.87. The molecule has 0 saturated carbocycles. The maximum atomic E-state index is 12.6. The number of hydrogen-bond donors (Lipinski definition) is 1. The molecule has 1 aliphatic rings. The number of amides is 1.